The van der Waals surface area contributed by atoms with Crippen LogP contribution in [-0.4, -0.2) is 54.9 Å². The molecule has 0 heterocycles. The summed E-state index contributed by atoms with van der Waals surface area (Å²) < 4.78 is 0. The predicted octanol–water partition coefficient (Wildman–Crippen LogP) is 1.76. The van der Waals surface area contributed by atoms with Crippen LogP contribution in [0.4, 0.5) is 4.79 Å². The minimum Gasteiger partial charge on any atom is -0.394 e. The molecule has 0 unspecified atom stereocenters. The molecule has 1 aliphatic rings. The zero-order chi connectivity index (χ0) is 16.7. The molecule has 128 valence electrons. The number of nitrogens with one attached hydrogen (secondary N) is 2. The monoisotopic (exact) mass is 319 g/mol. The minimum atomic E-state index is -0.259. The van der Waals surface area contributed by atoms with Crippen molar-refractivity contribution >= 4 is 6.03 Å². The lowest BCUT2D eigenvalue weighted by Crippen LogP contribution is -2.50. The summed E-state index contributed by atoms with van der Waals surface area (Å²) in [4.78, 5) is 14.4. The molecule has 0 saturated heterocycles. The summed E-state index contributed by atoms with van der Waals surface area (Å²) in [6.45, 7) is -0.0622. The Bertz CT molecular complexity index is 478. The number of hydrogen-bond donors (Lipinski definition) is 3. The number of nitrogens with zero attached hydrogens (tertiary/aromatic N) is 1. The van der Waals surface area contributed by atoms with E-state index in [9.17, 15) is 9.90 Å². The van der Waals surface area contributed by atoms with Gasteiger partial charge in [0.1, 0.15) is 0 Å². The maximum Gasteiger partial charge on any atom is 0.315 e. The van der Waals surface area contributed by atoms with Crippen molar-refractivity contribution in [3.8, 4) is 0 Å². The maximum absolute atomic E-state index is 12.2. The smallest absolute Gasteiger partial charge is 0.315 e. The fourth-order valence-electron chi connectivity index (χ4n) is 3.24. The number of aliphatic hydroxyl groups is 1. The van der Waals surface area contributed by atoms with Gasteiger partial charge in [0.25, 0.3) is 0 Å². The Labute approximate surface area is 139 Å². The van der Waals surface area contributed by atoms with E-state index < -0.39 is 0 Å². The van der Waals surface area contributed by atoms with Crippen LogP contribution in [0, 0.1) is 0 Å². The highest BCUT2D eigenvalue weighted by Crippen LogP contribution is 2.21. The van der Waals surface area contributed by atoms with Crippen LogP contribution in [0.3, 0.4) is 0 Å². The third-order valence-electron chi connectivity index (χ3n) is 4.59. The Kier molecular flexibility index (Phi) is 6.86. The molecule has 5 heteroatoms. The Morgan fingerprint density at radius 2 is 2.04 bits per heavy atom. The molecular weight excluding hydrogens is 290 g/mol. The summed E-state index contributed by atoms with van der Waals surface area (Å²) in [5.74, 6) is 0. The van der Waals surface area contributed by atoms with E-state index in [-0.39, 0.29) is 24.7 Å². The number of hydrogen-bond acceptors (Lipinski definition) is 3. The van der Waals surface area contributed by atoms with Gasteiger partial charge in [0.15, 0.2) is 0 Å². The summed E-state index contributed by atoms with van der Waals surface area (Å²) in [6, 6.07) is 10.2. The van der Waals surface area contributed by atoms with E-state index in [2.05, 4.69) is 29.6 Å². The Balaban J connectivity index is 1.80. The summed E-state index contributed by atoms with van der Waals surface area (Å²) in [6.07, 6.45) is 4.99. The van der Waals surface area contributed by atoms with Gasteiger partial charge in [-0.3, -0.25) is 0 Å². The maximum atomic E-state index is 12.2. The summed E-state index contributed by atoms with van der Waals surface area (Å²) in [5, 5.41) is 15.5. The van der Waals surface area contributed by atoms with Crippen LogP contribution in [0.5, 0.6) is 0 Å². The van der Waals surface area contributed by atoms with Crippen LogP contribution in [0.2, 0.25) is 0 Å². The van der Waals surface area contributed by atoms with E-state index in [0.29, 0.717) is 12.5 Å². The van der Waals surface area contributed by atoms with Crippen LogP contribution in [0.1, 0.15) is 31.2 Å². The predicted molar refractivity (Wildman–Crippen MR) is 92.4 cm³/mol. The molecule has 1 fully saturated rings. The highest BCUT2D eigenvalue weighted by molar-refractivity contribution is 5.74. The number of rotatable bonds is 6. The van der Waals surface area contributed by atoms with Crippen LogP contribution >= 0.6 is 0 Å². The molecule has 1 aromatic carbocycles. The van der Waals surface area contributed by atoms with E-state index in [0.717, 1.165) is 24.8 Å². The van der Waals surface area contributed by atoms with Crippen molar-refractivity contribution in [2.24, 2.45) is 0 Å². The van der Waals surface area contributed by atoms with Crippen molar-refractivity contribution in [3.05, 3.63) is 35.9 Å². The van der Waals surface area contributed by atoms with E-state index in [1.165, 1.54) is 6.42 Å². The van der Waals surface area contributed by atoms with Crippen LogP contribution in [0.25, 0.3) is 0 Å². The van der Waals surface area contributed by atoms with Crippen molar-refractivity contribution in [1.82, 2.24) is 15.5 Å². The molecule has 2 amide bonds. The third kappa shape index (κ3) is 5.84. The minimum absolute atomic E-state index is 0.0622. The lowest BCUT2D eigenvalue weighted by molar-refractivity contribution is 0.187. The first-order chi connectivity index (χ1) is 11.1. The fraction of sp³-hybridized carbons (Fsp3) is 0.611. The molecule has 0 bridgehead atoms. The van der Waals surface area contributed by atoms with Gasteiger partial charge in [-0.1, -0.05) is 30.3 Å². The topological polar surface area (TPSA) is 64.6 Å². The lowest BCUT2D eigenvalue weighted by Gasteiger charge is -2.34. The van der Waals surface area contributed by atoms with Crippen molar-refractivity contribution in [1.29, 1.82) is 0 Å². The van der Waals surface area contributed by atoms with Crippen molar-refractivity contribution in [2.75, 3.05) is 20.7 Å². The highest BCUT2D eigenvalue weighted by atomic mass is 16.3. The Hall–Kier alpha value is -1.59. The Morgan fingerprint density at radius 1 is 1.30 bits per heavy atom. The molecule has 3 N–H and O–H groups in total. The molecule has 3 atom stereocenters. The quantitative estimate of drug-likeness (QED) is 0.749. The first-order valence-corrected chi connectivity index (χ1v) is 8.46. The highest BCUT2D eigenvalue weighted by Gasteiger charge is 2.25. The number of carbonyl (C=O) groups is 1. The fourth-order valence-corrected chi connectivity index (χ4v) is 3.24. The van der Waals surface area contributed by atoms with Crippen molar-refractivity contribution < 1.29 is 9.90 Å². The normalized spacial score (nSPS) is 22.6. The van der Waals surface area contributed by atoms with E-state index in [4.69, 9.17) is 0 Å². The third-order valence-corrected chi connectivity index (χ3v) is 4.59. The van der Waals surface area contributed by atoms with Gasteiger partial charge < -0.3 is 20.6 Å². The molecule has 1 saturated carbocycles. The zero-order valence-corrected chi connectivity index (χ0v) is 14.2. The van der Waals surface area contributed by atoms with Gasteiger partial charge in [0.05, 0.1) is 12.6 Å². The van der Waals surface area contributed by atoms with Crippen LogP contribution in [-0.2, 0) is 6.42 Å². The molecule has 0 spiro atoms. The number of amides is 2. The number of aliphatic hydroxyl groups excluding tert-OH is 1. The molecule has 1 aromatic rings. The summed E-state index contributed by atoms with van der Waals surface area (Å²) in [5.41, 5.74) is 1.11. The first-order valence-electron chi connectivity index (χ1n) is 8.46. The van der Waals surface area contributed by atoms with E-state index in [1.807, 2.05) is 30.3 Å². The molecule has 0 aliphatic heterocycles. The van der Waals surface area contributed by atoms with Crippen LogP contribution in [0.15, 0.2) is 30.3 Å². The lowest BCUT2D eigenvalue weighted by atomic mass is 9.90. The van der Waals surface area contributed by atoms with Gasteiger partial charge in [0.2, 0.25) is 0 Å². The van der Waals surface area contributed by atoms with E-state index >= 15 is 0 Å². The average Bonchev–Trinajstić information content (AvgIpc) is 2.55. The summed E-state index contributed by atoms with van der Waals surface area (Å²) in [7, 11) is 4.18. The molecule has 1 aliphatic carbocycles. The average molecular weight is 319 g/mol. The van der Waals surface area contributed by atoms with Gasteiger partial charge in [-0.2, -0.15) is 0 Å². The number of carbonyl (C=O) groups excluding carboxylic acids is 1. The largest absolute Gasteiger partial charge is 0.394 e. The van der Waals surface area contributed by atoms with E-state index in [1.54, 1.807) is 0 Å². The second-order valence-electron chi connectivity index (χ2n) is 6.67. The van der Waals surface area contributed by atoms with Crippen molar-refractivity contribution in [2.45, 2.75) is 50.2 Å². The number of urea groups is 1. The molecule has 0 radical (unpaired) electrons. The first kappa shape index (κ1) is 17.8. The molecule has 2 rings (SSSR count). The van der Waals surface area contributed by atoms with Crippen molar-refractivity contribution in [3.63, 3.8) is 0 Å². The SMILES string of the molecule is CN(C)[C@@H]1CCC[C@@H](NC(=O)N[C@H](CO)Cc2ccccc2)C1. The van der Waals surface area contributed by atoms with Gasteiger partial charge in [0, 0.05) is 12.1 Å². The van der Waals surface area contributed by atoms with Crippen LogP contribution < -0.4 is 10.6 Å². The van der Waals surface area contributed by atoms with Gasteiger partial charge in [-0.25, -0.2) is 4.79 Å². The molecular formula is C18H29N3O2. The van der Waals surface area contributed by atoms with Gasteiger partial charge in [-0.15, -0.1) is 0 Å². The zero-order valence-electron chi connectivity index (χ0n) is 14.2. The van der Waals surface area contributed by atoms with Gasteiger partial charge >= 0.3 is 6.03 Å². The standard InChI is InChI=1S/C18H29N3O2/c1-21(2)17-10-6-9-15(12-17)19-18(23)20-16(13-22)11-14-7-4-3-5-8-14/h3-5,7-8,15-17,22H,6,9-13H2,1-2H3,(H2,19,20,23)/t15-,16+,17-/m1/s1. The summed E-state index contributed by atoms with van der Waals surface area (Å²) >= 11 is 0. The Morgan fingerprint density at radius 3 is 2.70 bits per heavy atom. The second kappa shape index (κ2) is 8.89. The number of benzene rings is 1. The second-order valence-corrected chi connectivity index (χ2v) is 6.67. The van der Waals surface area contributed by atoms with Gasteiger partial charge in [-0.05, 0) is 51.8 Å². The molecule has 23 heavy (non-hydrogen) atoms. The molecule has 5 nitrogen and oxygen atoms in total. The molecule has 0 aromatic heterocycles.